The molecule has 0 fully saturated rings. The molecule has 0 rings (SSSR count). The third-order valence-electron chi connectivity index (χ3n) is 0.0645. The molecule has 2 heteroatoms. The van der Waals surface area contributed by atoms with Crippen LogP contribution in [0.2, 0.25) is 0 Å². The molecule has 0 aromatic heterocycles. The standard InChI is InChI=1S/C2HNSi/c1-3-4-2/h2H. The highest BCUT2D eigenvalue weighted by Crippen LogP contribution is 1.28. The molecule has 0 aliphatic heterocycles. The molecule has 0 heterocycles. The molecule has 0 radical (unpaired) electrons. The average Bonchev–Trinajstić information content (AvgIpc) is 1.37. The molecule has 0 atom stereocenters. The molecule has 1 nitrogen and oxygen atoms in total. The second kappa shape index (κ2) is 2.49. The fourth-order valence-corrected chi connectivity index (χ4v) is 0. The quantitative estimate of drug-likeness (QED) is 0.280. The highest BCUT2D eigenvalue weighted by atomic mass is 28.2. The van der Waals surface area contributed by atoms with Crippen molar-refractivity contribution in [1.82, 2.24) is 0 Å². The van der Waals surface area contributed by atoms with E-state index >= 15 is 0 Å². The van der Waals surface area contributed by atoms with Crippen molar-refractivity contribution in [2.45, 2.75) is 0 Å². The fourth-order valence-electron chi connectivity index (χ4n) is 0. The third kappa shape index (κ3) is 1.49. The van der Waals surface area contributed by atoms with Crippen LogP contribution in [0.15, 0.2) is 0 Å². The highest BCUT2D eigenvalue weighted by Gasteiger charge is 1.40. The van der Waals surface area contributed by atoms with E-state index in [0.29, 0.717) is 0 Å². The van der Waals surface area contributed by atoms with E-state index in [9.17, 15) is 0 Å². The molecule has 0 saturated carbocycles. The highest BCUT2D eigenvalue weighted by molar-refractivity contribution is 6.25. The molecule has 0 aliphatic rings. The van der Waals surface area contributed by atoms with Gasteiger partial charge in [0.15, 0.2) is 0 Å². The fraction of sp³-hybridized carbons (Fsp3) is 0. The maximum atomic E-state index is 5.96. The zero-order valence-corrected chi connectivity index (χ0v) is 3.02. The lowest BCUT2D eigenvalue weighted by atomic mass is 11.9. The Balaban J connectivity index is 3.14. The van der Waals surface area contributed by atoms with Gasteiger partial charge in [-0.1, -0.05) is 6.00 Å². The molecule has 0 aromatic carbocycles. The third-order valence-corrected chi connectivity index (χ3v) is 0.194. The summed E-state index contributed by atoms with van der Waals surface area (Å²) in [6.07, 6.45) is 0. The van der Waals surface area contributed by atoms with Gasteiger partial charge in [-0.3, -0.25) is 0 Å². The number of nitrogens with zero attached hydrogens (tertiary/aromatic N) is 1. The van der Waals surface area contributed by atoms with Crippen molar-refractivity contribution in [2.24, 2.45) is 0 Å². The first kappa shape index (κ1) is 3.49. The summed E-state index contributed by atoms with van der Waals surface area (Å²) >= 11 is 0. The van der Waals surface area contributed by atoms with Gasteiger partial charge >= 0.3 is 9.12 Å². The van der Waals surface area contributed by atoms with Gasteiger partial charge in [-0.05, 0) is 0 Å². The lowest BCUT2D eigenvalue weighted by Gasteiger charge is -1.29. The molecule has 0 bridgehead atoms. The minimum atomic E-state index is -0.0679. The Morgan fingerprint density at radius 1 is 2.00 bits per heavy atom. The Bertz CT molecular complexity index is 61.0. The molecular formula is C2HNSi. The van der Waals surface area contributed by atoms with Crippen molar-refractivity contribution in [2.75, 3.05) is 0 Å². The molecule has 0 aliphatic carbocycles. The molecule has 0 N–H and O–H groups in total. The van der Waals surface area contributed by atoms with Gasteiger partial charge in [0.1, 0.15) is 0 Å². The van der Waals surface area contributed by atoms with Crippen molar-refractivity contribution >= 4 is 9.12 Å². The second-order valence-corrected chi connectivity index (χ2v) is 0.723. The van der Waals surface area contributed by atoms with E-state index in [4.69, 9.17) is 12.6 Å². The van der Waals surface area contributed by atoms with Crippen LogP contribution in [-0.4, -0.2) is 9.12 Å². The van der Waals surface area contributed by atoms with Gasteiger partial charge in [-0.2, -0.15) is 0 Å². The number of hydrogen-bond acceptors (Lipinski definition) is 0. The Hall–Kier alpha value is -0.513. The topological polar surface area (TPSA) is 4.36 Å². The average molecular weight is 67.1 g/mol. The first-order chi connectivity index (χ1) is 1.91. The van der Waals surface area contributed by atoms with Gasteiger partial charge in [0.2, 0.25) is 0 Å². The Kier molecular flexibility index (Phi) is 2.17. The first-order valence-electron chi connectivity index (χ1n) is 0.736. The van der Waals surface area contributed by atoms with Gasteiger partial charge in [0.25, 0.3) is 0 Å². The van der Waals surface area contributed by atoms with Crippen molar-refractivity contribution in [3.63, 3.8) is 0 Å². The molecule has 18 valence electrons. The van der Waals surface area contributed by atoms with Crippen LogP contribution >= 0.6 is 0 Å². The van der Waals surface area contributed by atoms with E-state index in [0.717, 1.165) is 0 Å². The zero-order chi connectivity index (χ0) is 3.41. The molecule has 0 amide bonds. The van der Waals surface area contributed by atoms with Gasteiger partial charge in [-0.25, -0.2) is 6.57 Å². The molecule has 4 heavy (non-hydrogen) atoms. The summed E-state index contributed by atoms with van der Waals surface area (Å²) in [7, 11) is -0.0679. The van der Waals surface area contributed by atoms with Crippen LogP contribution in [0.25, 0.3) is 4.51 Å². The smallest absolute Gasteiger partial charge is 0.315 e. The van der Waals surface area contributed by atoms with E-state index in [-0.39, 0.29) is 9.12 Å². The van der Waals surface area contributed by atoms with Gasteiger partial charge in [0, 0.05) is 0 Å². The molecule has 0 spiro atoms. The molecule has 0 saturated heterocycles. The maximum absolute atomic E-state index is 5.96. The molecular weight excluding hydrogens is 66.1 g/mol. The molecule has 0 aromatic rings. The minimum Gasteiger partial charge on any atom is -0.315 e. The van der Waals surface area contributed by atoms with Crippen molar-refractivity contribution < 1.29 is 0 Å². The van der Waals surface area contributed by atoms with E-state index in [1.54, 1.807) is 0 Å². The van der Waals surface area contributed by atoms with Crippen LogP contribution in [-0.2, 0) is 0 Å². The SMILES string of the molecule is [C-]#[N+][Si]#C. The maximum Gasteiger partial charge on any atom is 0.512 e. The van der Waals surface area contributed by atoms with E-state index < -0.39 is 0 Å². The van der Waals surface area contributed by atoms with E-state index in [1.807, 2.05) is 0 Å². The minimum absolute atomic E-state index is 0.0679. The van der Waals surface area contributed by atoms with Gasteiger partial charge < -0.3 is 4.51 Å². The van der Waals surface area contributed by atoms with Crippen LogP contribution < -0.4 is 0 Å². The summed E-state index contributed by atoms with van der Waals surface area (Å²) in [5.74, 6) is 0. The number of rotatable bonds is 0. The zero-order valence-electron chi connectivity index (χ0n) is 2.02. The van der Waals surface area contributed by atoms with Crippen LogP contribution in [0.1, 0.15) is 0 Å². The second-order valence-electron chi connectivity index (χ2n) is 0.241. The Morgan fingerprint density at radius 2 is 2.25 bits per heavy atom. The monoisotopic (exact) mass is 67.0 g/mol. The summed E-state index contributed by atoms with van der Waals surface area (Å²) in [6.45, 7) is 5.96. The lowest BCUT2D eigenvalue weighted by Crippen LogP contribution is -1.34. The van der Waals surface area contributed by atoms with Crippen LogP contribution in [0, 0.1) is 12.6 Å². The van der Waals surface area contributed by atoms with E-state index in [1.165, 1.54) is 0 Å². The predicted octanol–water partition coefficient (Wildman–Crippen LogP) is 0.114. The predicted molar refractivity (Wildman–Crippen MR) is 17.3 cm³/mol. The van der Waals surface area contributed by atoms with E-state index in [2.05, 4.69) is 4.51 Å². The first-order valence-corrected chi connectivity index (χ1v) is 1.76. The van der Waals surface area contributed by atoms with Crippen LogP contribution in [0.4, 0.5) is 0 Å². The van der Waals surface area contributed by atoms with Crippen LogP contribution in [0.5, 0.6) is 0 Å². The Morgan fingerprint density at radius 3 is 2.25 bits per heavy atom. The van der Waals surface area contributed by atoms with Crippen molar-refractivity contribution in [3.8, 4) is 6.00 Å². The van der Waals surface area contributed by atoms with Crippen molar-refractivity contribution in [1.29, 1.82) is 0 Å². The Labute approximate surface area is 27.3 Å². The summed E-state index contributed by atoms with van der Waals surface area (Å²) in [5.41, 5.74) is 0. The van der Waals surface area contributed by atoms with Gasteiger partial charge in [0.05, 0.1) is 0 Å². The van der Waals surface area contributed by atoms with Crippen molar-refractivity contribution in [3.05, 3.63) is 11.1 Å². The van der Waals surface area contributed by atoms with Gasteiger partial charge in [-0.15, -0.1) is 0 Å². The van der Waals surface area contributed by atoms with Crippen LogP contribution in [0.3, 0.4) is 0 Å². The summed E-state index contributed by atoms with van der Waals surface area (Å²) < 4.78 is 2.79. The number of hydrogen-bond donors (Lipinski definition) is 0. The normalized spacial score (nSPS) is 2.50. The summed E-state index contributed by atoms with van der Waals surface area (Å²) in [6, 6.07) is 4.70. The largest absolute Gasteiger partial charge is 0.512 e. The molecule has 0 unspecified atom stereocenters. The summed E-state index contributed by atoms with van der Waals surface area (Å²) in [4.78, 5) is 0. The lowest BCUT2D eigenvalue weighted by molar-refractivity contribution is 2.54. The summed E-state index contributed by atoms with van der Waals surface area (Å²) in [5, 5.41) is 0.